The molecule has 0 unspecified atom stereocenters. The Morgan fingerprint density at radius 1 is 1.38 bits per heavy atom. The van der Waals surface area contributed by atoms with E-state index in [4.69, 9.17) is 4.74 Å². The van der Waals surface area contributed by atoms with Gasteiger partial charge < -0.3 is 10.1 Å². The molecule has 2 atom stereocenters. The standard InChI is InChI=1S/C18H22FN3O3S/c1-18(2,3)25-17(24)22-10-11(19)8-13(22)16(23)20-9-15-21-12-6-4-5-7-14(12)26-15/h4-7,11,13H,8-10H2,1-3H3,(H,20,23)/t11-,13+/m1/s1. The fourth-order valence-corrected chi connectivity index (χ4v) is 3.74. The summed E-state index contributed by atoms with van der Waals surface area (Å²) in [6, 6.07) is 6.85. The van der Waals surface area contributed by atoms with E-state index in [1.165, 1.54) is 16.2 Å². The molecule has 3 rings (SSSR count). The lowest BCUT2D eigenvalue weighted by Gasteiger charge is -2.27. The van der Waals surface area contributed by atoms with Crippen LogP contribution in [0.1, 0.15) is 32.2 Å². The van der Waals surface area contributed by atoms with Gasteiger partial charge in [-0.05, 0) is 32.9 Å². The molecule has 0 spiro atoms. The molecule has 2 heterocycles. The molecule has 1 aliphatic heterocycles. The molecule has 26 heavy (non-hydrogen) atoms. The van der Waals surface area contributed by atoms with E-state index in [0.29, 0.717) is 0 Å². The molecule has 0 radical (unpaired) electrons. The van der Waals surface area contributed by atoms with Crippen molar-refractivity contribution in [3.63, 3.8) is 0 Å². The summed E-state index contributed by atoms with van der Waals surface area (Å²) < 4.78 is 20.2. The van der Waals surface area contributed by atoms with E-state index in [0.717, 1.165) is 15.2 Å². The fraction of sp³-hybridized carbons (Fsp3) is 0.500. The van der Waals surface area contributed by atoms with Gasteiger partial charge in [-0.25, -0.2) is 14.2 Å². The van der Waals surface area contributed by atoms with Crippen LogP contribution in [0.4, 0.5) is 9.18 Å². The number of halogens is 1. The van der Waals surface area contributed by atoms with Crippen molar-refractivity contribution in [1.82, 2.24) is 15.2 Å². The molecule has 1 aliphatic rings. The number of hydrogen-bond acceptors (Lipinski definition) is 5. The third-order valence-corrected chi connectivity index (χ3v) is 4.97. The second kappa shape index (κ2) is 7.19. The van der Waals surface area contributed by atoms with Gasteiger partial charge in [-0.2, -0.15) is 0 Å². The maximum atomic E-state index is 13.8. The zero-order chi connectivity index (χ0) is 18.9. The summed E-state index contributed by atoms with van der Waals surface area (Å²) in [7, 11) is 0. The topological polar surface area (TPSA) is 71.5 Å². The molecule has 8 heteroatoms. The van der Waals surface area contributed by atoms with Crippen LogP contribution in [0.5, 0.6) is 0 Å². The average Bonchev–Trinajstić information content (AvgIpc) is 3.14. The van der Waals surface area contributed by atoms with Gasteiger partial charge in [-0.15, -0.1) is 11.3 Å². The van der Waals surface area contributed by atoms with E-state index < -0.39 is 29.8 Å². The Labute approximate surface area is 155 Å². The van der Waals surface area contributed by atoms with Gasteiger partial charge in [-0.1, -0.05) is 12.1 Å². The minimum Gasteiger partial charge on any atom is -0.444 e. The Kier molecular flexibility index (Phi) is 5.13. The van der Waals surface area contributed by atoms with Crippen LogP contribution in [0.3, 0.4) is 0 Å². The molecule has 2 amide bonds. The zero-order valence-corrected chi connectivity index (χ0v) is 15.8. The van der Waals surface area contributed by atoms with E-state index in [1.54, 1.807) is 20.8 Å². The summed E-state index contributed by atoms with van der Waals surface area (Å²) in [4.78, 5) is 30.4. The summed E-state index contributed by atoms with van der Waals surface area (Å²) in [5.74, 6) is -0.393. The SMILES string of the molecule is CC(C)(C)OC(=O)N1C[C@H](F)C[C@H]1C(=O)NCc1nc2ccccc2s1. The highest BCUT2D eigenvalue weighted by Gasteiger charge is 2.41. The second-order valence-corrected chi connectivity index (χ2v) is 8.39. The largest absolute Gasteiger partial charge is 0.444 e. The molecular weight excluding hydrogens is 357 g/mol. The van der Waals surface area contributed by atoms with Gasteiger partial charge in [0.2, 0.25) is 5.91 Å². The zero-order valence-electron chi connectivity index (χ0n) is 15.0. The molecule has 1 N–H and O–H groups in total. The average molecular weight is 379 g/mol. The van der Waals surface area contributed by atoms with Crippen molar-refractivity contribution >= 4 is 33.6 Å². The number of nitrogens with zero attached hydrogens (tertiary/aromatic N) is 2. The normalized spacial score (nSPS) is 20.4. The number of rotatable bonds is 3. The quantitative estimate of drug-likeness (QED) is 0.889. The van der Waals surface area contributed by atoms with Gasteiger partial charge in [0, 0.05) is 6.42 Å². The number of thiazole rings is 1. The highest BCUT2D eigenvalue weighted by Crippen LogP contribution is 2.24. The number of hydrogen-bond donors (Lipinski definition) is 1. The highest BCUT2D eigenvalue weighted by molar-refractivity contribution is 7.18. The molecule has 140 valence electrons. The lowest BCUT2D eigenvalue weighted by atomic mass is 10.2. The molecule has 6 nitrogen and oxygen atoms in total. The number of alkyl halides is 1. The second-order valence-electron chi connectivity index (χ2n) is 7.27. The first-order valence-corrected chi connectivity index (χ1v) is 9.30. The number of ether oxygens (including phenoxy) is 1. The maximum Gasteiger partial charge on any atom is 0.411 e. The van der Waals surface area contributed by atoms with Crippen LogP contribution in [0.15, 0.2) is 24.3 Å². The molecule has 0 bridgehead atoms. The van der Waals surface area contributed by atoms with Crippen LogP contribution < -0.4 is 5.32 Å². The summed E-state index contributed by atoms with van der Waals surface area (Å²) in [5, 5.41) is 3.53. The Balaban J connectivity index is 1.64. The van der Waals surface area contributed by atoms with E-state index in [-0.39, 0.29) is 19.5 Å². The summed E-state index contributed by atoms with van der Waals surface area (Å²) in [6.07, 6.45) is -1.93. The minimum absolute atomic E-state index is 0.0229. The van der Waals surface area contributed by atoms with E-state index in [9.17, 15) is 14.0 Å². The number of fused-ring (bicyclic) bond motifs is 1. The van der Waals surface area contributed by atoms with Crippen molar-refractivity contribution < 1.29 is 18.7 Å². The third kappa shape index (κ3) is 4.30. The van der Waals surface area contributed by atoms with Crippen LogP contribution in [0, 0.1) is 0 Å². The molecule has 0 saturated carbocycles. The van der Waals surface area contributed by atoms with Crippen LogP contribution in [-0.4, -0.2) is 46.2 Å². The van der Waals surface area contributed by atoms with Crippen molar-refractivity contribution in [1.29, 1.82) is 0 Å². The molecule has 1 aromatic carbocycles. The summed E-state index contributed by atoms with van der Waals surface area (Å²) >= 11 is 1.49. The van der Waals surface area contributed by atoms with Gasteiger partial charge in [-0.3, -0.25) is 9.69 Å². The third-order valence-electron chi connectivity index (χ3n) is 3.93. The van der Waals surface area contributed by atoms with Crippen molar-refractivity contribution in [2.24, 2.45) is 0 Å². The van der Waals surface area contributed by atoms with Crippen molar-refractivity contribution in [3.05, 3.63) is 29.3 Å². The number of aromatic nitrogens is 1. The Morgan fingerprint density at radius 3 is 2.81 bits per heavy atom. The Hall–Kier alpha value is -2.22. The fourth-order valence-electron chi connectivity index (χ4n) is 2.83. The number of amides is 2. The number of benzene rings is 1. The van der Waals surface area contributed by atoms with Crippen molar-refractivity contribution in [3.8, 4) is 0 Å². The number of para-hydroxylation sites is 1. The molecule has 1 saturated heterocycles. The van der Waals surface area contributed by atoms with E-state index in [1.807, 2.05) is 24.3 Å². The number of likely N-dealkylation sites (tertiary alicyclic amines) is 1. The Bertz CT molecular complexity index is 784. The van der Waals surface area contributed by atoms with Gasteiger partial charge in [0.05, 0.1) is 23.3 Å². The van der Waals surface area contributed by atoms with Crippen molar-refractivity contribution in [2.75, 3.05) is 6.54 Å². The molecule has 1 aromatic heterocycles. The number of carbonyl (C=O) groups is 2. The molecule has 1 fully saturated rings. The molecule has 2 aromatic rings. The molecular formula is C18H22FN3O3S. The van der Waals surface area contributed by atoms with Crippen molar-refractivity contribution in [2.45, 2.75) is 51.6 Å². The first kappa shape index (κ1) is 18.6. The first-order valence-electron chi connectivity index (χ1n) is 8.49. The Morgan fingerprint density at radius 2 is 2.12 bits per heavy atom. The van der Waals surface area contributed by atoms with Gasteiger partial charge in [0.25, 0.3) is 0 Å². The summed E-state index contributed by atoms with van der Waals surface area (Å²) in [5.41, 5.74) is 0.176. The maximum absolute atomic E-state index is 13.8. The smallest absolute Gasteiger partial charge is 0.411 e. The van der Waals surface area contributed by atoms with E-state index in [2.05, 4.69) is 10.3 Å². The summed E-state index contributed by atoms with van der Waals surface area (Å²) in [6.45, 7) is 5.31. The predicted molar refractivity (Wildman–Crippen MR) is 97.7 cm³/mol. The predicted octanol–water partition coefficient (Wildman–Crippen LogP) is 3.26. The van der Waals surface area contributed by atoms with Gasteiger partial charge >= 0.3 is 6.09 Å². The monoisotopic (exact) mass is 379 g/mol. The highest BCUT2D eigenvalue weighted by atomic mass is 32.1. The van der Waals surface area contributed by atoms with Gasteiger partial charge in [0.1, 0.15) is 22.8 Å². The van der Waals surface area contributed by atoms with Crippen LogP contribution in [0.2, 0.25) is 0 Å². The minimum atomic E-state index is -1.24. The van der Waals surface area contributed by atoms with Crippen LogP contribution >= 0.6 is 11.3 Å². The lowest BCUT2D eigenvalue weighted by Crippen LogP contribution is -2.47. The van der Waals surface area contributed by atoms with Crippen LogP contribution in [-0.2, 0) is 16.1 Å². The first-order chi connectivity index (χ1) is 12.2. The number of nitrogens with one attached hydrogen (secondary N) is 1. The number of carbonyl (C=O) groups excluding carboxylic acids is 2. The lowest BCUT2D eigenvalue weighted by molar-refractivity contribution is -0.125. The molecule has 0 aliphatic carbocycles. The van der Waals surface area contributed by atoms with Gasteiger partial charge in [0.15, 0.2) is 0 Å². The van der Waals surface area contributed by atoms with E-state index >= 15 is 0 Å². The van der Waals surface area contributed by atoms with Crippen LogP contribution in [0.25, 0.3) is 10.2 Å².